The molecule has 0 aromatic carbocycles. The van der Waals surface area contributed by atoms with Gasteiger partial charge in [0.25, 0.3) is 0 Å². The lowest BCUT2D eigenvalue weighted by atomic mass is 9.49. The third kappa shape index (κ3) is 2.47. The molecule has 4 unspecified atom stereocenters. The molecule has 144 valence electrons. The number of ether oxygens (including phenoxy) is 1. The van der Waals surface area contributed by atoms with Gasteiger partial charge in [0.2, 0.25) is 0 Å². The number of hydrogen-bond donors (Lipinski definition) is 0. The summed E-state index contributed by atoms with van der Waals surface area (Å²) in [5.41, 5.74) is -0.302. The number of ketones is 2. The van der Waals surface area contributed by atoms with Gasteiger partial charge in [-0.1, -0.05) is 12.8 Å². The van der Waals surface area contributed by atoms with E-state index < -0.39 is 5.60 Å². The zero-order valence-corrected chi connectivity index (χ0v) is 16.3. The average molecular weight is 368 g/mol. The summed E-state index contributed by atoms with van der Waals surface area (Å²) in [4.78, 5) is 36.5. The van der Waals surface area contributed by atoms with Crippen LogP contribution in [-0.4, -0.2) is 23.1 Å². The van der Waals surface area contributed by atoms with Crippen LogP contribution in [-0.2, 0) is 19.1 Å². The molecule has 4 rings (SSSR count). The molecule has 3 saturated carbocycles. The maximum Gasteiger partial charge on any atom is 0.304 e. The number of Topliss-reactive ketones (excluding diaryl/α,β-unsaturated/α-hetero) is 1. The number of esters is 1. The van der Waals surface area contributed by atoms with Gasteiger partial charge >= 0.3 is 5.97 Å². The van der Waals surface area contributed by atoms with Crippen molar-refractivity contribution in [3.63, 3.8) is 0 Å². The molecular formula is C23H28O4. The molecule has 3 fully saturated rings. The van der Waals surface area contributed by atoms with Crippen molar-refractivity contribution in [3.05, 3.63) is 11.6 Å². The van der Waals surface area contributed by atoms with E-state index in [2.05, 4.69) is 12.8 Å². The van der Waals surface area contributed by atoms with Gasteiger partial charge in [0.15, 0.2) is 17.2 Å². The summed E-state index contributed by atoms with van der Waals surface area (Å²) in [6, 6.07) is 0. The van der Waals surface area contributed by atoms with E-state index in [1.165, 1.54) is 6.92 Å². The maximum atomic E-state index is 12.9. The summed E-state index contributed by atoms with van der Waals surface area (Å²) in [5, 5.41) is 0. The molecule has 4 aliphatic rings. The summed E-state index contributed by atoms with van der Waals surface area (Å²) < 4.78 is 5.82. The number of terminal acetylenes is 1. The van der Waals surface area contributed by atoms with E-state index >= 15 is 0 Å². The second kappa shape index (κ2) is 6.33. The molecule has 6 atom stereocenters. The first-order valence-electron chi connectivity index (χ1n) is 10.3. The van der Waals surface area contributed by atoms with Crippen molar-refractivity contribution in [1.29, 1.82) is 0 Å². The van der Waals surface area contributed by atoms with Gasteiger partial charge in [-0.2, -0.15) is 0 Å². The largest absolute Gasteiger partial charge is 0.445 e. The monoisotopic (exact) mass is 368 g/mol. The van der Waals surface area contributed by atoms with Crippen LogP contribution in [0.3, 0.4) is 0 Å². The van der Waals surface area contributed by atoms with Crippen LogP contribution in [0.25, 0.3) is 0 Å². The number of hydrogen-bond acceptors (Lipinski definition) is 4. The van der Waals surface area contributed by atoms with Crippen molar-refractivity contribution in [2.75, 3.05) is 0 Å². The van der Waals surface area contributed by atoms with E-state index in [-0.39, 0.29) is 34.8 Å². The Morgan fingerprint density at radius 2 is 2.04 bits per heavy atom. The first-order valence-corrected chi connectivity index (χ1v) is 10.3. The smallest absolute Gasteiger partial charge is 0.304 e. The third-order valence-electron chi connectivity index (χ3n) is 8.17. The van der Waals surface area contributed by atoms with Gasteiger partial charge in [-0.3, -0.25) is 14.4 Å². The van der Waals surface area contributed by atoms with Crippen molar-refractivity contribution >= 4 is 17.5 Å². The molecule has 0 spiro atoms. The van der Waals surface area contributed by atoms with Crippen molar-refractivity contribution in [1.82, 2.24) is 0 Å². The predicted octanol–water partition coefficient (Wildman–Crippen LogP) is 3.63. The number of carbonyl (C=O) groups excluding carboxylic acids is 3. The molecule has 27 heavy (non-hydrogen) atoms. The Morgan fingerprint density at radius 1 is 1.26 bits per heavy atom. The minimum absolute atomic E-state index is 0.0915. The molecule has 0 saturated heterocycles. The number of allylic oxidation sites excluding steroid dienone is 1. The van der Waals surface area contributed by atoms with Gasteiger partial charge < -0.3 is 4.74 Å². The van der Waals surface area contributed by atoms with E-state index in [0.29, 0.717) is 31.1 Å². The molecule has 0 amide bonds. The lowest BCUT2D eigenvalue weighted by Gasteiger charge is -2.55. The molecule has 0 aromatic heterocycles. The van der Waals surface area contributed by atoms with Crippen molar-refractivity contribution in [2.24, 2.45) is 29.1 Å². The van der Waals surface area contributed by atoms with Crippen LogP contribution in [0.4, 0.5) is 0 Å². The number of fused-ring (bicyclic) bond motifs is 5. The Morgan fingerprint density at radius 3 is 2.70 bits per heavy atom. The fourth-order valence-electron chi connectivity index (χ4n) is 7.16. The summed E-state index contributed by atoms with van der Waals surface area (Å²) >= 11 is 0. The van der Waals surface area contributed by atoms with Crippen LogP contribution in [0.2, 0.25) is 0 Å². The van der Waals surface area contributed by atoms with Gasteiger partial charge in [0.05, 0.1) is 0 Å². The quantitative estimate of drug-likeness (QED) is 0.552. The molecule has 0 radical (unpaired) electrons. The molecule has 4 aliphatic carbocycles. The molecule has 0 bridgehead atoms. The summed E-state index contributed by atoms with van der Waals surface area (Å²) in [6.07, 6.45) is 13.8. The normalized spacial score (nSPS) is 43.1. The van der Waals surface area contributed by atoms with E-state index in [1.807, 2.05) is 0 Å². The van der Waals surface area contributed by atoms with Crippen LogP contribution in [0, 0.1) is 41.4 Å². The summed E-state index contributed by atoms with van der Waals surface area (Å²) in [7, 11) is 0. The van der Waals surface area contributed by atoms with Gasteiger partial charge in [-0.25, -0.2) is 0 Å². The summed E-state index contributed by atoms with van der Waals surface area (Å²) in [6.45, 7) is 3.57. The first kappa shape index (κ1) is 18.5. The third-order valence-corrected chi connectivity index (χ3v) is 8.17. The molecule has 0 aromatic rings. The Kier molecular flexibility index (Phi) is 4.33. The highest BCUT2D eigenvalue weighted by Crippen LogP contribution is 2.66. The molecule has 4 heteroatoms. The molecule has 4 nitrogen and oxygen atoms in total. The number of rotatable bonds is 2. The lowest BCUT2D eigenvalue weighted by molar-refractivity contribution is -0.171. The van der Waals surface area contributed by atoms with Crippen LogP contribution in [0.1, 0.15) is 65.2 Å². The molecular weight excluding hydrogens is 340 g/mol. The van der Waals surface area contributed by atoms with Crippen LogP contribution < -0.4 is 0 Å². The minimum Gasteiger partial charge on any atom is -0.445 e. The van der Waals surface area contributed by atoms with Crippen molar-refractivity contribution < 1.29 is 19.1 Å². The van der Waals surface area contributed by atoms with Crippen molar-refractivity contribution in [2.45, 2.75) is 70.8 Å². The zero-order chi connectivity index (χ0) is 19.4. The Bertz CT molecular complexity index is 772. The molecule has 0 aliphatic heterocycles. The van der Waals surface area contributed by atoms with Gasteiger partial charge in [-0.05, 0) is 68.3 Å². The topological polar surface area (TPSA) is 60.4 Å². The SMILES string of the molecule is C#C[C@]1(OC(C)=O)CCC2C3CC(=O)C4=CC(=O)CCC4C3CC[C@@]21CC. The van der Waals surface area contributed by atoms with E-state index in [9.17, 15) is 14.4 Å². The standard InChI is InChI=1S/C23H28O4/c1-4-22-10-8-17-16-7-6-15(25)12-19(16)21(26)13-18(17)20(22)9-11-23(22,5-2)27-14(3)24/h2,12,16-18,20H,4,6-11,13H2,1,3H3/t16?,17?,18?,20?,22-,23-/m0/s1. The highest BCUT2D eigenvalue weighted by atomic mass is 16.6. The Labute approximate surface area is 161 Å². The van der Waals surface area contributed by atoms with Gasteiger partial charge in [0.1, 0.15) is 0 Å². The van der Waals surface area contributed by atoms with Crippen LogP contribution in [0.15, 0.2) is 11.6 Å². The highest BCUT2D eigenvalue weighted by Gasteiger charge is 2.66. The first-order chi connectivity index (χ1) is 12.9. The van der Waals surface area contributed by atoms with Crippen LogP contribution >= 0.6 is 0 Å². The second-order valence-electron chi connectivity index (χ2n) is 8.92. The summed E-state index contributed by atoms with van der Waals surface area (Å²) in [5.74, 6) is 4.05. The molecule has 0 N–H and O–H groups in total. The minimum atomic E-state index is -0.842. The average Bonchev–Trinajstić information content (AvgIpc) is 2.97. The van der Waals surface area contributed by atoms with Crippen LogP contribution in [0.5, 0.6) is 0 Å². The van der Waals surface area contributed by atoms with Gasteiger partial charge in [0, 0.05) is 30.8 Å². The molecule has 0 heterocycles. The van der Waals surface area contributed by atoms with E-state index in [1.54, 1.807) is 6.08 Å². The fourth-order valence-corrected chi connectivity index (χ4v) is 7.16. The van der Waals surface area contributed by atoms with Crippen molar-refractivity contribution in [3.8, 4) is 12.3 Å². The van der Waals surface area contributed by atoms with E-state index in [4.69, 9.17) is 11.2 Å². The Hall–Kier alpha value is -1.89. The highest BCUT2D eigenvalue weighted by molar-refractivity contribution is 6.05. The number of carbonyl (C=O) groups is 3. The Balaban J connectivity index is 1.72. The van der Waals surface area contributed by atoms with Gasteiger partial charge in [-0.15, -0.1) is 6.42 Å². The predicted molar refractivity (Wildman–Crippen MR) is 100 cm³/mol. The maximum absolute atomic E-state index is 12.9. The fraction of sp³-hybridized carbons (Fsp3) is 0.696. The van der Waals surface area contributed by atoms with E-state index in [0.717, 1.165) is 37.7 Å². The lowest BCUT2D eigenvalue weighted by Crippen LogP contribution is -2.55. The zero-order valence-electron chi connectivity index (χ0n) is 16.3. The second-order valence-corrected chi connectivity index (χ2v) is 8.92.